The Morgan fingerprint density at radius 1 is 0.969 bits per heavy atom. The van der Waals surface area contributed by atoms with E-state index < -0.39 is 10.0 Å². The molecule has 2 aliphatic heterocycles. The van der Waals surface area contributed by atoms with Gasteiger partial charge in [-0.1, -0.05) is 30.3 Å². The molecule has 2 fully saturated rings. The maximum Gasteiger partial charge on any atom is 0.243 e. The number of ether oxygens (including phenoxy) is 1. The Hall–Kier alpha value is -2.04. The number of benzene rings is 2. The lowest BCUT2D eigenvalue weighted by Gasteiger charge is -2.33. The zero-order chi connectivity index (χ0) is 22.4. The van der Waals surface area contributed by atoms with Crippen molar-refractivity contribution in [3.63, 3.8) is 0 Å². The highest BCUT2D eigenvalue weighted by molar-refractivity contribution is 7.89. The maximum absolute atomic E-state index is 12.7. The number of sulfonamides is 1. The third-order valence-corrected chi connectivity index (χ3v) is 8.02. The maximum atomic E-state index is 12.7. The smallest absolute Gasteiger partial charge is 0.243 e. The van der Waals surface area contributed by atoms with Crippen molar-refractivity contribution in [1.82, 2.24) is 14.5 Å². The molecular weight excluding hydrogens is 444 g/mol. The molecule has 0 amide bonds. The van der Waals surface area contributed by atoms with Gasteiger partial charge in [0.15, 0.2) is 5.11 Å². The summed E-state index contributed by atoms with van der Waals surface area (Å²) >= 11 is 5.48. The Labute approximate surface area is 195 Å². The highest BCUT2D eigenvalue weighted by atomic mass is 32.2. The zero-order valence-electron chi connectivity index (χ0n) is 18.1. The van der Waals surface area contributed by atoms with Gasteiger partial charge in [0.2, 0.25) is 10.0 Å². The molecule has 2 aromatic rings. The summed E-state index contributed by atoms with van der Waals surface area (Å²) in [6.45, 7) is 4.69. The van der Waals surface area contributed by atoms with E-state index in [4.69, 9.17) is 17.0 Å². The lowest BCUT2D eigenvalue weighted by Crippen LogP contribution is -2.45. The lowest BCUT2D eigenvalue weighted by atomic mass is 10.0. The molecule has 2 saturated heterocycles. The second-order valence-corrected chi connectivity index (χ2v) is 10.5. The summed E-state index contributed by atoms with van der Waals surface area (Å²) < 4.78 is 32.2. The zero-order valence-corrected chi connectivity index (χ0v) is 19.7. The third kappa shape index (κ3) is 6.05. The molecule has 0 radical (unpaired) electrons. The Bertz CT molecular complexity index is 986. The third-order valence-electron chi connectivity index (χ3n) is 5.89. The molecule has 0 bridgehead atoms. The van der Waals surface area contributed by atoms with E-state index in [0.29, 0.717) is 37.5 Å². The Kier molecular flexibility index (Phi) is 7.75. The van der Waals surface area contributed by atoms with Crippen LogP contribution in [0.15, 0.2) is 59.5 Å². The van der Waals surface area contributed by atoms with E-state index in [-0.39, 0.29) is 4.90 Å². The minimum Gasteiger partial charge on any atom is -0.379 e. The Morgan fingerprint density at radius 2 is 1.62 bits per heavy atom. The van der Waals surface area contributed by atoms with E-state index in [0.717, 1.165) is 38.2 Å². The molecule has 4 rings (SSSR count). The number of thiocarbonyl (C=S) groups is 1. The molecule has 0 saturated carbocycles. The van der Waals surface area contributed by atoms with Crippen LogP contribution in [0.4, 0.5) is 5.69 Å². The van der Waals surface area contributed by atoms with Crippen LogP contribution in [0.25, 0.3) is 0 Å². The van der Waals surface area contributed by atoms with E-state index in [1.807, 2.05) is 6.07 Å². The quantitative estimate of drug-likeness (QED) is 0.624. The van der Waals surface area contributed by atoms with Crippen molar-refractivity contribution in [2.24, 2.45) is 0 Å². The molecule has 9 heteroatoms. The predicted molar refractivity (Wildman–Crippen MR) is 130 cm³/mol. The fraction of sp³-hybridized carbons (Fsp3) is 0.435. The molecule has 2 heterocycles. The summed E-state index contributed by atoms with van der Waals surface area (Å²) in [5.41, 5.74) is 2.11. The van der Waals surface area contributed by atoms with Crippen LogP contribution >= 0.6 is 12.2 Å². The molecule has 2 N–H and O–H groups in total. The number of likely N-dealkylation sites (tertiary alicyclic amines) is 1. The number of morpholine rings is 1. The summed E-state index contributed by atoms with van der Waals surface area (Å²) in [6, 6.07) is 17.6. The fourth-order valence-electron chi connectivity index (χ4n) is 4.08. The molecule has 0 aliphatic carbocycles. The fourth-order valence-corrected chi connectivity index (χ4v) is 5.77. The van der Waals surface area contributed by atoms with Gasteiger partial charge >= 0.3 is 0 Å². The summed E-state index contributed by atoms with van der Waals surface area (Å²) in [7, 11) is -3.49. The molecule has 0 atom stereocenters. The van der Waals surface area contributed by atoms with Crippen LogP contribution in [0, 0.1) is 0 Å². The normalized spacial score (nSPS) is 18.9. The first-order valence-corrected chi connectivity index (χ1v) is 12.9. The second kappa shape index (κ2) is 10.7. The Balaban J connectivity index is 1.24. The highest BCUT2D eigenvalue weighted by Crippen LogP contribution is 2.20. The number of nitrogens with one attached hydrogen (secondary N) is 2. The first kappa shape index (κ1) is 23.1. The SMILES string of the molecule is O=S(=O)(c1ccc(NC(=S)NC2CCN(Cc3ccccc3)CC2)cc1)N1CCOCC1. The number of nitrogens with zero attached hydrogens (tertiary/aromatic N) is 2. The monoisotopic (exact) mass is 474 g/mol. The summed E-state index contributed by atoms with van der Waals surface area (Å²) in [4.78, 5) is 2.76. The van der Waals surface area contributed by atoms with Gasteiger partial charge in [-0.15, -0.1) is 0 Å². The lowest BCUT2D eigenvalue weighted by molar-refractivity contribution is 0.0730. The molecule has 7 nitrogen and oxygen atoms in total. The van der Waals surface area contributed by atoms with Crippen molar-refractivity contribution < 1.29 is 13.2 Å². The van der Waals surface area contributed by atoms with Gasteiger partial charge in [-0.05, 0) is 54.9 Å². The van der Waals surface area contributed by atoms with E-state index in [9.17, 15) is 8.42 Å². The van der Waals surface area contributed by atoms with E-state index in [1.54, 1.807) is 24.3 Å². The van der Waals surface area contributed by atoms with Gasteiger partial charge in [0.1, 0.15) is 0 Å². The second-order valence-electron chi connectivity index (χ2n) is 8.18. The average Bonchev–Trinajstić information content (AvgIpc) is 2.82. The topological polar surface area (TPSA) is 73.9 Å². The van der Waals surface area contributed by atoms with Gasteiger partial charge < -0.3 is 15.4 Å². The molecule has 0 aromatic heterocycles. The number of piperidine rings is 1. The van der Waals surface area contributed by atoms with Crippen LogP contribution in [0.1, 0.15) is 18.4 Å². The predicted octanol–water partition coefficient (Wildman–Crippen LogP) is 2.66. The van der Waals surface area contributed by atoms with Gasteiger partial charge in [0, 0.05) is 44.5 Å². The number of hydrogen-bond acceptors (Lipinski definition) is 5. The van der Waals surface area contributed by atoms with E-state index in [1.165, 1.54) is 9.87 Å². The van der Waals surface area contributed by atoms with Crippen LogP contribution in [0.3, 0.4) is 0 Å². The minimum absolute atomic E-state index is 0.287. The van der Waals surface area contributed by atoms with Crippen LogP contribution in [-0.4, -0.2) is 68.2 Å². The molecule has 172 valence electrons. The van der Waals surface area contributed by atoms with Crippen molar-refractivity contribution >= 4 is 33.0 Å². The Morgan fingerprint density at radius 3 is 2.28 bits per heavy atom. The van der Waals surface area contributed by atoms with Gasteiger partial charge in [0.25, 0.3) is 0 Å². The number of anilines is 1. The average molecular weight is 475 g/mol. The van der Waals surface area contributed by atoms with Gasteiger partial charge in [0.05, 0.1) is 18.1 Å². The molecule has 0 unspecified atom stereocenters. The standard InChI is InChI=1S/C23H30N4O3S2/c28-32(29,27-14-16-30-17-15-27)22-8-6-20(7-9-22)24-23(31)25-21-10-12-26(13-11-21)18-19-4-2-1-3-5-19/h1-9,21H,10-18H2,(H2,24,25,31). The molecular formula is C23H30N4O3S2. The van der Waals surface area contributed by atoms with E-state index >= 15 is 0 Å². The molecule has 2 aliphatic rings. The van der Waals surface area contributed by atoms with Gasteiger partial charge in [-0.2, -0.15) is 4.31 Å². The van der Waals surface area contributed by atoms with Crippen LogP contribution < -0.4 is 10.6 Å². The summed E-state index contributed by atoms with van der Waals surface area (Å²) in [5.74, 6) is 0. The van der Waals surface area contributed by atoms with Crippen LogP contribution in [0.5, 0.6) is 0 Å². The largest absolute Gasteiger partial charge is 0.379 e. The molecule has 0 spiro atoms. The van der Waals surface area contributed by atoms with Crippen molar-refractivity contribution in [2.75, 3.05) is 44.7 Å². The van der Waals surface area contributed by atoms with Crippen LogP contribution in [0.2, 0.25) is 0 Å². The molecule has 2 aromatic carbocycles. The number of rotatable bonds is 6. The minimum atomic E-state index is -3.49. The van der Waals surface area contributed by atoms with Crippen molar-refractivity contribution in [3.05, 3.63) is 60.2 Å². The van der Waals surface area contributed by atoms with Gasteiger partial charge in [-0.3, -0.25) is 4.90 Å². The first-order chi connectivity index (χ1) is 15.5. The summed E-state index contributed by atoms with van der Waals surface area (Å²) in [5, 5.41) is 7.14. The van der Waals surface area contributed by atoms with Gasteiger partial charge in [-0.25, -0.2) is 8.42 Å². The highest BCUT2D eigenvalue weighted by Gasteiger charge is 2.26. The molecule has 32 heavy (non-hydrogen) atoms. The number of hydrogen-bond donors (Lipinski definition) is 2. The van der Waals surface area contributed by atoms with Crippen molar-refractivity contribution in [3.8, 4) is 0 Å². The van der Waals surface area contributed by atoms with Crippen molar-refractivity contribution in [1.29, 1.82) is 0 Å². The summed E-state index contributed by atoms with van der Waals surface area (Å²) in [6.07, 6.45) is 2.07. The van der Waals surface area contributed by atoms with Crippen LogP contribution in [-0.2, 0) is 21.3 Å². The van der Waals surface area contributed by atoms with E-state index in [2.05, 4.69) is 39.8 Å². The van der Waals surface area contributed by atoms with Crippen molar-refractivity contribution in [2.45, 2.75) is 30.3 Å². The first-order valence-electron chi connectivity index (χ1n) is 11.0.